The van der Waals surface area contributed by atoms with E-state index in [4.69, 9.17) is 13.3 Å². The number of carbonyl (C=O) groups excluding carboxylic acids is 1. The lowest BCUT2D eigenvalue weighted by atomic mass is 10.2. The van der Waals surface area contributed by atoms with Crippen LogP contribution in [0.5, 0.6) is 0 Å². The zero-order valence-corrected chi connectivity index (χ0v) is 17.0. The molecule has 0 radical (unpaired) electrons. The highest BCUT2D eigenvalue weighted by Crippen LogP contribution is 2.18. The highest BCUT2D eigenvalue weighted by atomic mass is 28.4. The van der Waals surface area contributed by atoms with Crippen molar-refractivity contribution in [2.45, 2.75) is 73.0 Å². The molecule has 0 heterocycles. The van der Waals surface area contributed by atoms with Gasteiger partial charge in [-0.1, -0.05) is 0 Å². The molecule has 0 saturated heterocycles. The number of hydrogen-bond acceptors (Lipinski definition) is 4. The summed E-state index contributed by atoms with van der Waals surface area (Å²) < 4.78 is 17.4. The number of nitrogens with one attached hydrogen (secondary N) is 1. The van der Waals surface area contributed by atoms with Crippen LogP contribution in [0.4, 0.5) is 4.79 Å². The van der Waals surface area contributed by atoms with Crippen molar-refractivity contribution in [3.8, 4) is 0 Å². The fourth-order valence-electron chi connectivity index (χ4n) is 2.66. The molecular formula is C16H36N2O4Si. The van der Waals surface area contributed by atoms with Crippen molar-refractivity contribution in [3.05, 3.63) is 0 Å². The summed E-state index contributed by atoms with van der Waals surface area (Å²) in [6, 6.07) is 1.05. The summed E-state index contributed by atoms with van der Waals surface area (Å²) in [6.45, 7) is 16.3. The molecule has 0 rings (SSSR count). The van der Waals surface area contributed by atoms with Crippen LogP contribution in [0.2, 0.25) is 6.04 Å². The first-order valence-electron chi connectivity index (χ1n) is 8.81. The third-order valence-corrected chi connectivity index (χ3v) is 6.53. The molecule has 0 aromatic carbocycles. The van der Waals surface area contributed by atoms with E-state index < -0.39 is 8.80 Å². The lowest BCUT2D eigenvalue weighted by Crippen LogP contribution is -2.49. The van der Waals surface area contributed by atoms with Crippen molar-refractivity contribution in [1.82, 2.24) is 10.2 Å². The van der Waals surface area contributed by atoms with Gasteiger partial charge in [-0.3, -0.25) is 0 Å². The minimum absolute atomic E-state index is 0.0218. The summed E-state index contributed by atoms with van der Waals surface area (Å²) in [6.07, 6.45) is 0.780. The standard InChI is InChI=1S/C16H36N2O4Si/c1-8-20-23(21-9-2,22-10-3)13-11-12-17-16(19)18(14(4)5)15(6)7/h14-15H,8-13H2,1-7H3,(H,17,19). The van der Waals surface area contributed by atoms with Gasteiger partial charge in [-0.2, -0.15) is 0 Å². The van der Waals surface area contributed by atoms with E-state index in [1.807, 2.05) is 53.4 Å². The molecule has 0 spiro atoms. The molecule has 23 heavy (non-hydrogen) atoms. The number of rotatable bonds is 12. The van der Waals surface area contributed by atoms with E-state index in [0.29, 0.717) is 32.4 Å². The average molecular weight is 349 g/mol. The van der Waals surface area contributed by atoms with Gasteiger partial charge >= 0.3 is 14.8 Å². The molecule has 0 aliphatic heterocycles. The quantitative estimate of drug-likeness (QED) is 0.434. The monoisotopic (exact) mass is 348 g/mol. The Hall–Kier alpha value is -0.633. The Balaban J connectivity index is 4.45. The maximum Gasteiger partial charge on any atom is 0.500 e. The molecule has 2 amide bonds. The van der Waals surface area contributed by atoms with Gasteiger partial charge in [0.25, 0.3) is 0 Å². The normalized spacial score (nSPS) is 12.0. The highest BCUT2D eigenvalue weighted by molar-refractivity contribution is 6.60. The first kappa shape index (κ1) is 22.4. The van der Waals surface area contributed by atoms with Crippen LogP contribution in [0.1, 0.15) is 54.9 Å². The lowest BCUT2D eigenvalue weighted by Gasteiger charge is -2.31. The van der Waals surface area contributed by atoms with Gasteiger partial charge < -0.3 is 23.5 Å². The SMILES string of the molecule is CCO[Si](CCCNC(=O)N(C(C)C)C(C)C)(OCC)OCC. The minimum atomic E-state index is -2.60. The summed E-state index contributed by atoms with van der Waals surface area (Å²) in [5.41, 5.74) is 0. The number of carbonyl (C=O) groups is 1. The first-order valence-corrected chi connectivity index (χ1v) is 10.7. The van der Waals surface area contributed by atoms with Gasteiger partial charge in [-0.05, 0) is 54.9 Å². The molecule has 0 aliphatic carbocycles. The third-order valence-electron chi connectivity index (χ3n) is 3.38. The fraction of sp³-hybridized carbons (Fsp3) is 0.938. The van der Waals surface area contributed by atoms with Crippen molar-refractivity contribution in [2.24, 2.45) is 0 Å². The Kier molecular flexibility index (Phi) is 11.5. The molecule has 0 unspecified atom stereocenters. The molecule has 6 nitrogen and oxygen atoms in total. The van der Waals surface area contributed by atoms with Crippen molar-refractivity contribution in [3.63, 3.8) is 0 Å². The van der Waals surface area contributed by atoms with Crippen LogP contribution >= 0.6 is 0 Å². The molecule has 0 atom stereocenters. The predicted molar refractivity (Wildman–Crippen MR) is 95.6 cm³/mol. The Labute approximate surface area is 143 Å². The van der Waals surface area contributed by atoms with E-state index in [-0.39, 0.29) is 18.1 Å². The number of nitrogens with zero attached hydrogens (tertiary/aromatic N) is 1. The van der Waals surface area contributed by atoms with Crippen LogP contribution < -0.4 is 5.32 Å². The van der Waals surface area contributed by atoms with Crippen LogP contribution in [0.15, 0.2) is 0 Å². The zero-order chi connectivity index (χ0) is 17.9. The van der Waals surface area contributed by atoms with Gasteiger partial charge in [0.05, 0.1) is 0 Å². The lowest BCUT2D eigenvalue weighted by molar-refractivity contribution is 0.0707. The Morgan fingerprint density at radius 2 is 1.39 bits per heavy atom. The molecule has 0 aromatic heterocycles. The van der Waals surface area contributed by atoms with Crippen molar-refractivity contribution < 1.29 is 18.1 Å². The van der Waals surface area contributed by atoms with Gasteiger partial charge in [0.15, 0.2) is 0 Å². The molecule has 0 saturated carbocycles. The molecule has 0 aliphatic rings. The van der Waals surface area contributed by atoms with Gasteiger partial charge in [-0.25, -0.2) is 4.79 Å². The second-order valence-corrected chi connectivity index (χ2v) is 8.64. The molecule has 138 valence electrons. The van der Waals surface area contributed by atoms with Gasteiger partial charge in [-0.15, -0.1) is 0 Å². The van der Waals surface area contributed by atoms with E-state index >= 15 is 0 Å². The van der Waals surface area contributed by atoms with Crippen LogP contribution in [0, 0.1) is 0 Å². The molecule has 0 bridgehead atoms. The van der Waals surface area contributed by atoms with Gasteiger partial charge in [0.1, 0.15) is 0 Å². The first-order chi connectivity index (χ1) is 10.8. The van der Waals surface area contributed by atoms with E-state index in [2.05, 4.69) is 5.32 Å². The highest BCUT2D eigenvalue weighted by Gasteiger charge is 2.39. The maximum atomic E-state index is 12.3. The second-order valence-electron chi connectivity index (χ2n) is 5.91. The predicted octanol–water partition coefficient (Wildman–Crippen LogP) is 3.25. The number of hydrogen-bond donors (Lipinski definition) is 1. The van der Waals surface area contributed by atoms with E-state index in [0.717, 1.165) is 6.42 Å². The van der Waals surface area contributed by atoms with E-state index in [1.54, 1.807) is 0 Å². The summed E-state index contributed by atoms with van der Waals surface area (Å²) in [7, 11) is -2.60. The summed E-state index contributed by atoms with van der Waals surface area (Å²) in [4.78, 5) is 14.1. The molecule has 0 fully saturated rings. The summed E-state index contributed by atoms with van der Waals surface area (Å²) >= 11 is 0. The van der Waals surface area contributed by atoms with Gasteiger partial charge in [0.2, 0.25) is 0 Å². The Bertz CT molecular complexity index is 302. The van der Waals surface area contributed by atoms with Gasteiger partial charge in [0, 0.05) is 44.5 Å². The summed E-state index contributed by atoms with van der Waals surface area (Å²) in [5, 5.41) is 2.99. The topological polar surface area (TPSA) is 60.0 Å². The Morgan fingerprint density at radius 1 is 0.957 bits per heavy atom. The van der Waals surface area contributed by atoms with Crippen LogP contribution in [-0.4, -0.2) is 58.2 Å². The van der Waals surface area contributed by atoms with Crippen LogP contribution in [0.3, 0.4) is 0 Å². The van der Waals surface area contributed by atoms with Crippen LogP contribution in [0.25, 0.3) is 0 Å². The smallest absolute Gasteiger partial charge is 0.374 e. The molecule has 0 aromatic rings. The van der Waals surface area contributed by atoms with Crippen molar-refractivity contribution in [2.75, 3.05) is 26.4 Å². The van der Waals surface area contributed by atoms with Crippen LogP contribution in [-0.2, 0) is 13.3 Å². The number of amides is 2. The summed E-state index contributed by atoms with van der Waals surface area (Å²) in [5.74, 6) is 0. The van der Waals surface area contributed by atoms with Crippen molar-refractivity contribution in [1.29, 1.82) is 0 Å². The van der Waals surface area contributed by atoms with E-state index in [1.165, 1.54) is 0 Å². The zero-order valence-electron chi connectivity index (χ0n) is 16.0. The van der Waals surface area contributed by atoms with E-state index in [9.17, 15) is 4.79 Å². The number of urea groups is 1. The second kappa shape index (κ2) is 11.8. The fourth-order valence-corrected chi connectivity index (χ4v) is 5.27. The molecular weight excluding hydrogens is 312 g/mol. The largest absolute Gasteiger partial charge is 0.500 e. The Morgan fingerprint density at radius 3 is 1.74 bits per heavy atom. The third kappa shape index (κ3) is 8.15. The molecule has 7 heteroatoms. The average Bonchev–Trinajstić information content (AvgIpc) is 2.43. The maximum absolute atomic E-state index is 12.3. The minimum Gasteiger partial charge on any atom is -0.374 e. The van der Waals surface area contributed by atoms with Crippen molar-refractivity contribution >= 4 is 14.8 Å². The molecule has 1 N–H and O–H groups in total.